The van der Waals surface area contributed by atoms with Crippen molar-refractivity contribution in [3.63, 3.8) is 0 Å². The number of benzene rings is 2. The van der Waals surface area contributed by atoms with E-state index in [-0.39, 0.29) is 10.9 Å². The van der Waals surface area contributed by atoms with Crippen molar-refractivity contribution in [2.45, 2.75) is 11.9 Å². The van der Waals surface area contributed by atoms with Crippen LogP contribution in [-0.2, 0) is 11.9 Å². The highest BCUT2D eigenvalue weighted by molar-refractivity contribution is 9.10. The lowest BCUT2D eigenvalue weighted by molar-refractivity contribution is -0.137. The normalized spacial score (nSPS) is 12.5. The highest BCUT2D eigenvalue weighted by Crippen LogP contribution is 2.36. The first kappa shape index (κ1) is 16.9. The Morgan fingerprint density at radius 1 is 1.09 bits per heavy atom. The maximum Gasteiger partial charge on any atom is 0.418 e. The minimum atomic E-state index is -4.45. The van der Waals surface area contributed by atoms with E-state index in [0.29, 0.717) is 5.75 Å². The number of nitrogens with two attached hydrogens (primary N) is 1. The molecule has 0 radical (unpaired) electrons. The zero-order chi connectivity index (χ0) is 16.2. The predicted molar refractivity (Wildman–Crippen MR) is 88.2 cm³/mol. The molecule has 0 aliphatic carbocycles. The van der Waals surface area contributed by atoms with Crippen LogP contribution in [0.5, 0.6) is 0 Å². The number of hydrogen-bond donors (Lipinski definition) is 1. The van der Waals surface area contributed by atoms with E-state index in [2.05, 4.69) is 20.9 Å². The Bertz CT molecular complexity index is 686. The van der Waals surface area contributed by atoms with Crippen LogP contribution >= 0.6 is 27.7 Å². The maximum atomic E-state index is 12.9. The van der Waals surface area contributed by atoms with Crippen LogP contribution in [0.15, 0.2) is 58.0 Å². The molecule has 0 aromatic heterocycles. The molecule has 0 unspecified atom stereocenters. The first-order valence-electron chi connectivity index (χ1n) is 6.24. The van der Waals surface area contributed by atoms with Gasteiger partial charge in [0.05, 0.1) is 11.3 Å². The maximum absolute atomic E-state index is 12.9. The van der Waals surface area contributed by atoms with Gasteiger partial charge >= 0.3 is 6.18 Å². The number of aliphatic imine (C=N–C) groups is 1. The summed E-state index contributed by atoms with van der Waals surface area (Å²) in [4.78, 5) is 3.89. The van der Waals surface area contributed by atoms with Gasteiger partial charge in [-0.3, -0.25) is 0 Å². The smallest absolute Gasteiger partial charge is 0.378 e. The summed E-state index contributed by atoms with van der Waals surface area (Å²) in [6, 6.07) is 12.7. The SMILES string of the molecule is NC(=Nc1ccccc1C(F)(F)F)SCc1ccccc1Br. The molecule has 2 aromatic carbocycles. The average Bonchev–Trinajstić information content (AvgIpc) is 2.46. The standard InChI is InChI=1S/C15H12BrF3N2S/c16-12-7-3-1-5-10(12)9-22-14(20)21-13-8-4-2-6-11(13)15(17,18)19/h1-8H,9H2,(H2,20,21). The fourth-order valence-corrected chi connectivity index (χ4v) is 3.06. The summed E-state index contributed by atoms with van der Waals surface area (Å²) in [7, 11) is 0. The third-order valence-corrected chi connectivity index (χ3v) is 4.39. The molecule has 7 heteroatoms. The van der Waals surface area contributed by atoms with Crippen LogP contribution in [0.1, 0.15) is 11.1 Å². The molecule has 22 heavy (non-hydrogen) atoms. The zero-order valence-corrected chi connectivity index (χ0v) is 13.7. The van der Waals surface area contributed by atoms with Gasteiger partial charge in [0.25, 0.3) is 0 Å². The quantitative estimate of drug-likeness (QED) is 0.568. The van der Waals surface area contributed by atoms with Crippen LogP contribution in [-0.4, -0.2) is 5.17 Å². The van der Waals surface area contributed by atoms with Gasteiger partial charge in [0, 0.05) is 10.2 Å². The van der Waals surface area contributed by atoms with Crippen molar-refractivity contribution in [2.24, 2.45) is 10.7 Å². The van der Waals surface area contributed by atoms with E-state index < -0.39 is 11.7 Å². The number of amidine groups is 1. The van der Waals surface area contributed by atoms with Gasteiger partial charge in [-0.1, -0.05) is 58.0 Å². The third-order valence-electron chi connectivity index (χ3n) is 2.77. The van der Waals surface area contributed by atoms with Gasteiger partial charge in [0.15, 0.2) is 5.17 Å². The van der Waals surface area contributed by atoms with E-state index in [4.69, 9.17) is 5.73 Å². The minimum Gasteiger partial charge on any atom is -0.378 e. The van der Waals surface area contributed by atoms with E-state index in [1.54, 1.807) is 0 Å². The molecule has 0 fully saturated rings. The summed E-state index contributed by atoms with van der Waals surface area (Å²) in [5.41, 5.74) is 5.78. The molecule has 0 saturated heterocycles. The lowest BCUT2D eigenvalue weighted by atomic mass is 10.2. The molecule has 0 saturated carbocycles. The van der Waals surface area contributed by atoms with Gasteiger partial charge in [0.1, 0.15) is 0 Å². The minimum absolute atomic E-state index is 0.0902. The largest absolute Gasteiger partial charge is 0.418 e. The Kier molecular flexibility index (Phi) is 5.52. The molecule has 2 N–H and O–H groups in total. The predicted octanol–water partition coefficient (Wildman–Crippen LogP) is 5.35. The molecule has 0 amide bonds. The second-order valence-corrected chi connectivity index (χ2v) is 6.19. The van der Waals surface area contributed by atoms with E-state index >= 15 is 0 Å². The molecule has 2 nitrogen and oxygen atoms in total. The summed E-state index contributed by atoms with van der Waals surface area (Å²) in [6.45, 7) is 0. The summed E-state index contributed by atoms with van der Waals surface area (Å²) in [5.74, 6) is 0.519. The molecule has 0 heterocycles. The van der Waals surface area contributed by atoms with Crippen LogP contribution in [0.25, 0.3) is 0 Å². The summed E-state index contributed by atoms with van der Waals surface area (Å²) < 4.78 is 39.6. The van der Waals surface area contributed by atoms with Crippen molar-refractivity contribution in [2.75, 3.05) is 0 Å². The Balaban J connectivity index is 2.15. The number of rotatable bonds is 3. The van der Waals surface area contributed by atoms with Gasteiger partial charge in [-0.05, 0) is 23.8 Å². The first-order chi connectivity index (χ1) is 10.4. The van der Waals surface area contributed by atoms with Gasteiger partial charge in [-0.25, -0.2) is 4.99 Å². The van der Waals surface area contributed by atoms with Gasteiger partial charge in [0.2, 0.25) is 0 Å². The molecule has 0 bridgehead atoms. The fourth-order valence-electron chi connectivity index (χ4n) is 1.73. The van der Waals surface area contributed by atoms with E-state index in [1.165, 1.54) is 30.0 Å². The Morgan fingerprint density at radius 2 is 1.73 bits per heavy atom. The van der Waals surface area contributed by atoms with Crippen molar-refractivity contribution in [1.82, 2.24) is 0 Å². The monoisotopic (exact) mass is 388 g/mol. The summed E-state index contributed by atoms with van der Waals surface area (Å²) in [6.07, 6.45) is -4.45. The summed E-state index contributed by atoms with van der Waals surface area (Å²) >= 11 is 4.60. The van der Waals surface area contributed by atoms with E-state index in [9.17, 15) is 13.2 Å². The van der Waals surface area contributed by atoms with Crippen molar-refractivity contribution < 1.29 is 13.2 Å². The van der Waals surface area contributed by atoms with Crippen LogP contribution < -0.4 is 5.73 Å². The molecule has 2 rings (SSSR count). The zero-order valence-electron chi connectivity index (χ0n) is 11.3. The highest BCUT2D eigenvalue weighted by atomic mass is 79.9. The molecular weight excluding hydrogens is 377 g/mol. The number of para-hydroxylation sites is 1. The Hall–Kier alpha value is -1.47. The molecule has 0 spiro atoms. The van der Waals surface area contributed by atoms with Crippen molar-refractivity contribution >= 4 is 38.5 Å². The van der Waals surface area contributed by atoms with Crippen LogP contribution in [0.2, 0.25) is 0 Å². The topological polar surface area (TPSA) is 38.4 Å². The molecule has 0 atom stereocenters. The number of thioether (sulfide) groups is 1. The van der Waals surface area contributed by atoms with Gasteiger partial charge in [-0.2, -0.15) is 13.2 Å². The third kappa shape index (κ3) is 4.51. The first-order valence-corrected chi connectivity index (χ1v) is 8.02. The second kappa shape index (κ2) is 7.19. The lowest BCUT2D eigenvalue weighted by Gasteiger charge is -2.10. The number of alkyl halides is 3. The van der Waals surface area contributed by atoms with Crippen molar-refractivity contribution in [3.8, 4) is 0 Å². The average molecular weight is 389 g/mol. The molecule has 0 aliphatic rings. The van der Waals surface area contributed by atoms with Crippen LogP contribution in [0.4, 0.5) is 18.9 Å². The number of halogens is 4. The van der Waals surface area contributed by atoms with Crippen LogP contribution in [0.3, 0.4) is 0 Å². The van der Waals surface area contributed by atoms with Crippen molar-refractivity contribution in [1.29, 1.82) is 0 Å². The van der Waals surface area contributed by atoms with Crippen LogP contribution in [0, 0.1) is 0 Å². The lowest BCUT2D eigenvalue weighted by Crippen LogP contribution is -2.09. The Labute approximate surface area is 138 Å². The van der Waals surface area contributed by atoms with Gasteiger partial charge in [-0.15, -0.1) is 0 Å². The van der Waals surface area contributed by atoms with E-state index in [1.807, 2.05) is 24.3 Å². The van der Waals surface area contributed by atoms with Gasteiger partial charge < -0.3 is 5.73 Å². The summed E-state index contributed by atoms with van der Waals surface area (Å²) in [5, 5.41) is 0.0902. The molecular formula is C15H12BrF3N2S. The molecule has 0 aliphatic heterocycles. The Morgan fingerprint density at radius 3 is 2.41 bits per heavy atom. The number of nitrogens with zero attached hydrogens (tertiary/aromatic N) is 1. The highest BCUT2D eigenvalue weighted by Gasteiger charge is 2.33. The molecule has 2 aromatic rings. The van der Waals surface area contributed by atoms with Crippen molar-refractivity contribution in [3.05, 3.63) is 64.1 Å². The fraction of sp³-hybridized carbons (Fsp3) is 0.133. The number of hydrogen-bond acceptors (Lipinski definition) is 2. The second-order valence-electron chi connectivity index (χ2n) is 4.35. The van der Waals surface area contributed by atoms with E-state index in [0.717, 1.165) is 16.1 Å². The molecule has 116 valence electrons.